The molecular weight excluding hydrogens is 528 g/mol. The summed E-state index contributed by atoms with van der Waals surface area (Å²) >= 11 is 0.975. The lowest BCUT2D eigenvalue weighted by Gasteiger charge is -2.35. The lowest BCUT2D eigenvalue weighted by atomic mass is 9.99. The predicted molar refractivity (Wildman–Crippen MR) is 139 cm³/mol. The third-order valence-electron chi connectivity index (χ3n) is 6.83. The van der Waals surface area contributed by atoms with Crippen LogP contribution in [0.3, 0.4) is 0 Å². The molecule has 3 aromatic heterocycles. The molecule has 6 rings (SSSR count). The maximum atomic E-state index is 14.2. The summed E-state index contributed by atoms with van der Waals surface area (Å²) in [7, 11) is 0. The van der Waals surface area contributed by atoms with Gasteiger partial charge in [0, 0.05) is 23.7 Å². The van der Waals surface area contributed by atoms with Crippen LogP contribution in [-0.4, -0.2) is 36.7 Å². The van der Waals surface area contributed by atoms with Crippen molar-refractivity contribution in [3.63, 3.8) is 0 Å². The minimum absolute atomic E-state index is 0.0438. The van der Waals surface area contributed by atoms with Crippen molar-refractivity contribution in [2.24, 2.45) is 0 Å². The summed E-state index contributed by atoms with van der Waals surface area (Å²) in [4.78, 5) is 35.6. The van der Waals surface area contributed by atoms with Crippen LogP contribution >= 0.6 is 11.3 Å². The van der Waals surface area contributed by atoms with Crippen LogP contribution in [0.15, 0.2) is 47.1 Å². The molecule has 2 aromatic carbocycles. The average Bonchev–Trinajstić information content (AvgIpc) is 3.62. The van der Waals surface area contributed by atoms with E-state index in [-0.39, 0.29) is 22.9 Å². The molecule has 0 unspecified atom stereocenters. The van der Waals surface area contributed by atoms with E-state index in [4.69, 9.17) is 9.51 Å². The van der Waals surface area contributed by atoms with Crippen LogP contribution in [0.2, 0.25) is 0 Å². The quantitative estimate of drug-likeness (QED) is 0.286. The van der Waals surface area contributed by atoms with Gasteiger partial charge in [-0.3, -0.25) is 9.36 Å². The fourth-order valence-electron chi connectivity index (χ4n) is 5.11. The normalized spacial score (nSPS) is 15.8. The number of thiazole rings is 1. The number of fused-ring (bicyclic) bond motifs is 1. The second-order valence-corrected chi connectivity index (χ2v) is 10.3. The van der Waals surface area contributed by atoms with E-state index in [2.05, 4.69) is 10.1 Å². The summed E-state index contributed by atoms with van der Waals surface area (Å²) < 4.78 is 35.0. The molecule has 4 heterocycles. The summed E-state index contributed by atoms with van der Waals surface area (Å²) in [6.45, 7) is 3.66. The van der Waals surface area contributed by atoms with Gasteiger partial charge in [0.1, 0.15) is 16.5 Å². The number of benzene rings is 2. The standard InChI is InChI=1S/C27H21F2N5O4S/c1-13-24(14(2)38-32-13)15-6-9-20-19(10-15)31-25(34(20)27-30-12-22(39-27)26(36)37)21-4-3-5-23(35)33(21)16-7-8-17(28)18(29)11-16/h6-12,21H,3-5H2,1-2H3,(H,36,37)/t21-/m0/s1. The first-order valence-corrected chi connectivity index (χ1v) is 13.0. The second-order valence-electron chi connectivity index (χ2n) is 9.29. The van der Waals surface area contributed by atoms with Crippen LogP contribution in [0.25, 0.3) is 27.3 Å². The Hall–Kier alpha value is -4.45. The molecule has 0 saturated carbocycles. The molecule has 0 radical (unpaired) electrons. The minimum atomic E-state index is -1.11. The van der Waals surface area contributed by atoms with Crippen molar-refractivity contribution >= 4 is 39.9 Å². The van der Waals surface area contributed by atoms with Crippen molar-refractivity contribution in [3.8, 4) is 16.3 Å². The van der Waals surface area contributed by atoms with Crippen LogP contribution in [0.5, 0.6) is 0 Å². The first kappa shape index (κ1) is 24.9. The van der Waals surface area contributed by atoms with Gasteiger partial charge >= 0.3 is 5.97 Å². The summed E-state index contributed by atoms with van der Waals surface area (Å²) in [6.07, 6.45) is 2.58. The molecule has 1 aliphatic heterocycles. The molecule has 1 saturated heterocycles. The Kier molecular flexibility index (Phi) is 5.98. The number of amides is 1. The highest BCUT2D eigenvalue weighted by Crippen LogP contribution is 2.40. The number of carbonyl (C=O) groups excluding carboxylic acids is 1. The zero-order valence-electron chi connectivity index (χ0n) is 20.8. The number of carboxylic acids is 1. The number of aromatic carboxylic acids is 1. The van der Waals surface area contributed by atoms with E-state index in [1.165, 1.54) is 17.2 Å². The molecule has 1 aliphatic rings. The van der Waals surface area contributed by atoms with E-state index in [0.29, 0.717) is 40.6 Å². The number of rotatable bonds is 5. The number of hydrogen-bond acceptors (Lipinski definition) is 7. The van der Waals surface area contributed by atoms with Crippen molar-refractivity contribution in [1.82, 2.24) is 19.7 Å². The van der Waals surface area contributed by atoms with Crippen molar-refractivity contribution in [1.29, 1.82) is 0 Å². The largest absolute Gasteiger partial charge is 0.477 e. The maximum Gasteiger partial charge on any atom is 0.347 e. The summed E-state index contributed by atoms with van der Waals surface area (Å²) in [5, 5.41) is 13.9. The number of nitrogens with zero attached hydrogens (tertiary/aromatic N) is 5. The van der Waals surface area contributed by atoms with Gasteiger partial charge in [-0.05, 0) is 56.5 Å². The van der Waals surface area contributed by atoms with Gasteiger partial charge in [0.05, 0.1) is 29.0 Å². The van der Waals surface area contributed by atoms with Crippen molar-refractivity contribution in [3.05, 3.63) is 76.4 Å². The van der Waals surface area contributed by atoms with E-state index in [1.807, 2.05) is 32.0 Å². The van der Waals surface area contributed by atoms with Gasteiger partial charge < -0.3 is 14.5 Å². The molecule has 1 atom stereocenters. The van der Waals surface area contributed by atoms with Crippen molar-refractivity contribution < 1.29 is 28.0 Å². The average molecular weight is 550 g/mol. The number of carboxylic acid groups (broad SMARTS) is 1. The minimum Gasteiger partial charge on any atom is -0.477 e. The SMILES string of the molecule is Cc1noc(C)c1-c1ccc2c(c1)nc([C@@H]1CCCC(=O)N1c1ccc(F)c(F)c1)n2-c1ncc(C(=O)O)s1. The van der Waals surface area contributed by atoms with Crippen molar-refractivity contribution in [2.45, 2.75) is 39.2 Å². The first-order valence-electron chi connectivity index (χ1n) is 12.1. The highest BCUT2D eigenvalue weighted by Gasteiger charge is 2.35. The Bertz CT molecular complexity index is 1760. The van der Waals surface area contributed by atoms with Crippen LogP contribution in [-0.2, 0) is 4.79 Å². The monoisotopic (exact) mass is 549 g/mol. The van der Waals surface area contributed by atoms with Crippen LogP contribution in [0.4, 0.5) is 14.5 Å². The number of hydrogen-bond donors (Lipinski definition) is 1. The first-order chi connectivity index (χ1) is 18.7. The molecule has 0 bridgehead atoms. The van der Waals surface area contributed by atoms with Crippen molar-refractivity contribution in [2.75, 3.05) is 4.90 Å². The molecule has 0 spiro atoms. The Labute approximate surface area is 224 Å². The molecule has 39 heavy (non-hydrogen) atoms. The highest BCUT2D eigenvalue weighted by atomic mass is 32.1. The number of aromatic nitrogens is 4. The fraction of sp³-hybridized carbons (Fsp3) is 0.222. The lowest BCUT2D eigenvalue weighted by molar-refractivity contribution is -0.120. The molecule has 12 heteroatoms. The zero-order valence-corrected chi connectivity index (χ0v) is 21.6. The molecule has 1 amide bonds. The number of carbonyl (C=O) groups is 2. The molecule has 198 valence electrons. The number of aryl methyl sites for hydroxylation is 2. The third-order valence-corrected chi connectivity index (χ3v) is 7.80. The Morgan fingerprint density at radius 3 is 2.67 bits per heavy atom. The molecular formula is C27H21F2N5O4S. The number of halogens is 2. The van der Waals surface area contributed by atoms with Crippen LogP contribution in [0, 0.1) is 25.5 Å². The van der Waals surface area contributed by atoms with Crippen LogP contribution in [0.1, 0.15) is 52.3 Å². The number of imidazole rings is 1. The predicted octanol–water partition coefficient (Wildman–Crippen LogP) is 5.99. The Morgan fingerprint density at radius 1 is 1.15 bits per heavy atom. The van der Waals surface area contributed by atoms with Gasteiger partial charge in [0.2, 0.25) is 5.91 Å². The molecule has 9 nitrogen and oxygen atoms in total. The summed E-state index contributed by atoms with van der Waals surface area (Å²) in [6, 6.07) is 8.33. The fourth-order valence-corrected chi connectivity index (χ4v) is 5.89. The summed E-state index contributed by atoms with van der Waals surface area (Å²) in [5.41, 5.74) is 3.83. The topological polar surface area (TPSA) is 114 Å². The molecule has 1 fully saturated rings. The van der Waals surface area contributed by atoms with Gasteiger partial charge in [0.25, 0.3) is 0 Å². The smallest absolute Gasteiger partial charge is 0.347 e. The highest BCUT2D eigenvalue weighted by molar-refractivity contribution is 7.15. The van der Waals surface area contributed by atoms with E-state index >= 15 is 0 Å². The Balaban J connectivity index is 1.57. The van der Waals surface area contributed by atoms with Gasteiger partial charge in [-0.1, -0.05) is 22.6 Å². The van der Waals surface area contributed by atoms with Gasteiger partial charge in [-0.15, -0.1) is 0 Å². The summed E-state index contributed by atoms with van der Waals surface area (Å²) in [5.74, 6) is -2.35. The molecule has 1 N–H and O–H groups in total. The van der Waals surface area contributed by atoms with Gasteiger partial charge in [-0.2, -0.15) is 0 Å². The van der Waals surface area contributed by atoms with E-state index in [1.54, 1.807) is 4.57 Å². The molecule has 0 aliphatic carbocycles. The van der Waals surface area contributed by atoms with Gasteiger partial charge in [-0.25, -0.2) is 23.5 Å². The second kappa shape index (κ2) is 9.38. The maximum absolute atomic E-state index is 14.2. The molecule has 5 aromatic rings. The van der Waals surface area contributed by atoms with E-state index in [9.17, 15) is 23.5 Å². The van der Waals surface area contributed by atoms with E-state index < -0.39 is 23.6 Å². The lowest BCUT2D eigenvalue weighted by Crippen LogP contribution is -2.39. The number of piperidine rings is 1. The van der Waals surface area contributed by atoms with E-state index in [0.717, 1.165) is 40.3 Å². The third kappa shape index (κ3) is 4.16. The Morgan fingerprint density at radius 2 is 1.97 bits per heavy atom. The number of anilines is 1. The van der Waals surface area contributed by atoms with Crippen LogP contribution < -0.4 is 4.90 Å². The zero-order chi connectivity index (χ0) is 27.4. The van der Waals surface area contributed by atoms with Gasteiger partial charge in [0.15, 0.2) is 16.8 Å².